The molecule has 1 N–H and O–H groups in total. The van der Waals surface area contributed by atoms with Gasteiger partial charge in [0.15, 0.2) is 6.61 Å². The summed E-state index contributed by atoms with van der Waals surface area (Å²) in [4.78, 5) is 38.9. The summed E-state index contributed by atoms with van der Waals surface area (Å²) in [5, 5.41) is 3.45. The van der Waals surface area contributed by atoms with Gasteiger partial charge in [0.05, 0.1) is 5.00 Å². The van der Waals surface area contributed by atoms with Crippen molar-refractivity contribution in [2.24, 2.45) is 5.92 Å². The number of nitrogens with one attached hydrogen (secondary N) is 1. The number of hydrogen-bond donors (Lipinski definition) is 1. The summed E-state index contributed by atoms with van der Waals surface area (Å²) < 4.78 is 5.26. The highest BCUT2D eigenvalue weighted by Gasteiger charge is 2.35. The number of hydrogen-bond acceptors (Lipinski definition) is 5. The van der Waals surface area contributed by atoms with E-state index < -0.39 is 5.97 Å². The van der Waals surface area contributed by atoms with Crippen molar-refractivity contribution in [2.45, 2.75) is 57.4 Å². The Balaban J connectivity index is 1.31. The summed E-state index contributed by atoms with van der Waals surface area (Å²) in [6.07, 6.45) is 10.3. The summed E-state index contributed by atoms with van der Waals surface area (Å²) in [5.41, 5.74) is 1.09. The van der Waals surface area contributed by atoms with Gasteiger partial charge in [-0.25, -0.2) is 4.79 Å². The lowest BCUT2D eigenvalue weighted by Crippen LogP contribution is -2.36. The van der Waals surface area contributed by atoms with Gasteiger partial charge in [-0.3, -0.25) is 9.59 Å². The molecule has 4 rings (SSSR count). The van der Waals surface area contributed by atoms with E-state index in [0.29, 0.717) is 9.88 Å². The van der Waals surface area contributed by atoms with Gasteiger partial charge in [0.25, 0.3) is 5.91 Å². The maximum Gasteiger partial charge on any atom is 0.348 e. The average molecular weight is 388 g/mol. The molecule has 3 aliphatic rings. The monoisotopic (exact) mass is 388 g/mol. The predicted octanol–water partition coefficient (Wildman–Crippen LogP) is 3.70. The van der Waals surface area contributed by atoms with Crippen LogP contribution in [0.5, 0.6) is 0 Å². The smallest absolute Gasteiger partial charge is 0.348 e. The maximum absolute atomic E-state index is 12.6. The Morgan fingerprint density at radius 2 is 1.96 bits per heavy atom. The van der Waals surface area contributed by atoms with E-state index in [4.69, 9.17) is 4.74 Å². The van der Waals surface area contributed by atoms with Gasteiger partial charge in [0.1, 0.15) is 4.88 Å². The van der Waals surface area contributed by atoms with Crippen molar-refractivity contribution in [1.82, 2.24) is 4.90 Å². The van der Waals surface area contributed by atoms with Crippen LogP contribution in [0.15, 0.2) is 23.9 Å². The number of anilines is 1. The Bertz CT molecular complexity index is 777. The molecule has 0 saturated heterocycles. The number of thiophene rings is 1. The molecular formula is C20H24N2O4S. The lowest BCUT2D eigenvalue weighted by Gasteiger charge is -2.27. The zero-order valence-corrected chi connectivity index (χ0v) is 16.1. The van der Waals surface area contributed by atoms with E-state index in [0.717, 1.165) is 50.6 Å². The van der Waals surface area contributed by atoms with Crippen molar-refractivity contribution in [1.29, 1.82) is 0 Å². The summed E-state index contributed by atoms with van der Waals surface area (Å²) in [6.45, 7) is -0.242. The van der Waals surface area contributed by atoms with E-state index in [9.17, 15) is 14.4 Å². The maximum atomic E-state index is 12.6. The van der Waals surface area contributed by atoms with Crippen LogP contribution in [-0.2, 0) is 14.3 Å². The Morgan fingerprint density at radius 1 is 1.15 bits per heavy atom. The minimum atomic E-state index is -0.520. The minimum Gasteiger partial charge on any atom is -0.451 e. The van der Waals surface area contributed by atoms with Crippen molar-refractivity contribution in [3.63, 3.8) is 0 Å². The zero-order chi connectivity index (χ0) is 18.8. The molecule has 0 spiro atoms. The molecule has 6 nitrogen and oxygen atoms in total. The number of rotatable bonds is 7. The molecule has 3 aliphatic carbocycles. The van der Waals surface area contributed by atoms with E-state index in [-0.39, 0.29) is 30.4 Å². The fourth-order valence-corrected chi connectivity index (χ4v) is 4.13. The molecule has 144 valence electrons. The van der Waals surface area contributed by atoms with Crippen LogP contribution < -0.4 is 5.32 Å². The molecule has 2 amide bonds. The largest absolute Gasteiger partial charge is 0.451 e. The van der Waals surface area contributed by atoms with Crippen molar-refractivity contribution in [3.05, 3.63) is 28.8 Å². The third-order valence-corrected chi connectivity index (χ3v) is 6.07. The molecule has 0 atom stereocenters. The second-order valence-electron chi connectivity index (χ2n) is 7.44. The molecule has 1 heterocycles. The lowest BCUT2D eigenvalue weighted by atomic mass is 10.0. The molecular weight excluding hydrogens is 364 g/mol. The van der Waals surface area contributed by atoms with E-state index in [1.807, 2.05) is 4.90 Å². The van der Waals surface area contributed by atoms with Gasteiger partial charge >= 0.3 is 5.97 Å². The van der Waals surface area contributed by atoms with E-state index in [1.165, 1.54) is 17.8 Å². The number of carbonyl (C=O) groups is 3. The van der Waals surface area contributed by atoms with E-state index in [2.05, 4.69) is 11.4 Å². The van der Waals surface area contributed by atoms with Crippen LogP contribution in [0.4, 0.5) is 5.00 Å². The molecule has 7 heteroatoms. The Kier molecular flexibility index (Phi) is 5.29. The Labute approximate surface area is 162 Å². The lowest BCUT2D eigenvalue weighted by molar-refractivity contribution is -0.133. The average Bonchev–Trinajstić information content (AvgIpc) is 3.60. The third kappa shape index (κ3) is 4.58. The van der Waals surface area contributed by atoms with Crippen molar-refractivity contribution >= 4 is 34.1 Å². The summed E-state index contributed by atoms with van der Waals surface area (Å²) >= 11 is 1.18. The fraction of sp³-hybridized carbons (Fsp3) is 0.550. The molecule has 1 aromatic rings. The predicted molar refractivity (Wildman–Crippen MR) is 102 cm³/mol. The van der Waals surface area contributed by atoms with Crippen LogP contribution in [-0.4, -0.2) is 35.3 Å². The number of allylic oxidation sites excluding steroid dienone is 2. The second-order valence-corrected chi connectivity index (χ2v) is 8.52. The van der Waals surface area contributed by atoms with Crippen LogP contribution in [0.3, 0.4) is 0 Å². The third-order valence-electron chi connectivity index (χ3n) is 5.09. The minimum absolute atomic E-state index is 0.00720. The van der Waals surface area contributed by atoms with Crippen LogP contribution in [0.1, 0.15) is 61.0 Å². The number of carbonyl (C=O) groups excluding carboxylic acids is 3. The number of nitrogens with zero attached hydrogens (tertiary/aromatic N) is 1. The van der Waals surface area contributed by atoms with Gasteiger partial charge in [-0.2, -0.15) is 0 Å². The molecule has 0 radical (unpaired) electrons. The standard InChI is InChI=1S/C20H24N2O4S/c23-18(22(15-8-9-15)14-4-2-1-3-5-14)12-26-20(25)16-10-11-17(27-16)21-19(24)13-6-7-13/h4,10-11,13,15H,1-3,5-9,12H2,(H,21,24). The van der Waals surface area contributed by atoms with Gasteiger partial charge < -0.3 is 15.0 Å². The van der Waals surface area contributed by atoms with Crippen molar-refractivity contribution in [3.8, 4) is 0 Å². The molecule has 2 saturated carbocycles. The van der Waals surface area contributed by atoms with E-state index >= 15 is 0 Å². The molecule has 0 aliphatic heterocycles. The van der Waals surface area contributed by atoms with Gasteiger partial charge in [0, 0.05) is 17.7 Å². The molecule has 0 unspecified atom stereocenters. The Morgan fingerprint density at radius 3 is 2.63 bits per heavy atom. The SMILES string of the molecule is O=C(OCC(=O)N(C1=CCCCC1)C1CC1)c1ccc(NC(=O)C2CC2)s1. The highest BCUT2D eigenvalue weighted by Crippen LogP contribution is 2.34. The first-order valence-electron chi connectivity index (χ1n) is 9.71. The van der Waals surface area contributed by atoms with Crippen LogP contribution >= 0.6 is 11.3 Å². The second kappa shape index (κ2) is 7.84. The van der Waals surface area contributed by atoms with Crippen molar-refractivity contribution < 1.29 is 19.1 Å². The van der Waals surface area contributed by atoms with Gasteiger partial charge in [-0.05, 0) is 63.5 Å². The van der Waals surface area contributed by atoms with Gasteiger partial charge in [-0.1, -0.05) is 6.08 Å². The van der Waals surface area contributed by atoms with Crippen molar-refractivity contribution in [2.75, 3.05) is 11.9 Å². The highest BCUT2D eigenvalue weighted by atomic mass is 32.1. The molecule has 1 aromatic heterocycles. The molecule has 2 fully saturated rings. The van der Waals surface area contributed by atoms with E-state index in [1.54, 1.807) is 12.1 Å². The number of amides is 2. The molecule has 27 heavy (non-hydrogen) atoms. The summed E-state index contributed by atoms with van der Waals surface area (Å²) in [5.74, 6) is -0.540. The normalized spacial score (nSPS) is 19.2. The Hall–Kier alpha value is -2.15. The van der Waals surface area contributed by atoms with Gasteiger partial charge in [-0.15, -0.1) is 11.3 Å². The van der Waals surface area contributed by atoms with Crippen LogP contribution in [0.2, 0.25) is 0 Å². The molecule has 0 aromatic carbocycles. The quantitative estimate of drug-likeness (QED) is 0.723. The fourth-order valence-electron chi connectivity index (χ4n) is 3.32. The van der Waals surface area contributed by atoms with Crippen LogP contribution in [0.25, 0.3) is 0 Å². The number of esters is 1. The first-order valence-corrected chi connectivity index (χ1v) is 10.5. The first-order chi connectivity index (χ1) is 13.1. The highest BCUT2D eigenvalue weighted by molar-refractivity contribution is 7.18. The van der Waals surface area contributed by atoms with Crippen LogP contribution in [0, 0.1) is 5.92 Å². The summed E-state index contributed by atoms with van der Waals surface area (Å²) in [6, 6.07) is 3.60. The topological polar surface area (TPSA) is 75.7 Å². The zero-order valence-electron chi connectivity index (χ0n) is 15.2. The number of ether oxygens (including phenoxy) is 1. The first kappa shape index (κ1) is 18.2. The summed E-state index contributed by atoms with van der Waals surface area (Å²) in [7, 11) is 0. The molecule has 0 bridgehead atoms. The van der Waals surface area contributed by atoms with Gasteiger partial charge in [0.2, 0.25) is 5.91 Å².